The molecule has 63 heavy (non-hydrogen) atoms. The van der Waals surface area contributed by atoms with Gasteiger partial charge in [0.25, 0.3) is 0 Å². The van der Waals surface area contributed by atoms with Crippen molar-refractivity contribution in [2.24, 2.45) is 0 Å². The molecule has 11 aromatic rings. The van der Waals surface area contributed by atoms with E-state index in [1.165, 1.54) is 103 Å². The van der Waals surface area contributed by atoms with Crippen LogP contribution in [-0.2, 0) is 10.8 Å². The first-order valence-corrected chi connectivity index (χ1v) is 22.9. The zero-order chi connectivity index (χ0) is 42.2. The van der Waals surface area contributed by atoms with E-state index >= 15 is 0 Å². The minimum absolute atomic E-state index is 0.108. The molecule has 2 nitrogen and oxygen atoms in total. The fourth-order valence-electron chi connectivity index (χ4n) is 11.2. The van der Waals surface area contributed by atoms with Gasteiger partial charge in [-0.05, 0) is 116 Å². The van der Waals surface area contributed by atoms with Crippen LogP contribution in [0.25, 0.3) is 81.0 Å². The van der Waals surface area contributed by atoms with Crippen LogP contribution in [0.15, 0.2) is 194 Å². The number of thiophene rings is 1. The second kappa shape index (κ2) is 13.2. The number of aromatic nitrogens is 1. The van der Waals surface area contributed by atoms with Gasteiger partial charge in [-0.25, -0.2) is 0 Å². The first-order chi connectivity index (χ1) is 30.8. The highest BCUT2D eigenvalue weighted by atomic mass is 32.1. The molecule has 0 fully saturated rings. The summed E-state index contributed by atoms with van der Waals surface area (Å²) in [6.45, 7) is 9.48. The Kier molecular flexibility index (Phi) is 7.61. The summed E-state index contributed by atoms with van der Waals surface area (Å²) in [5.41, 5.74) is 20.2. The van der Waals surface area contributed by atoms with E-state index in [0.29, 0.717) is 0 Å². The number of benzene rings is 9. The predicted molar refractivity (Wildman–Crippen MR) is 269 cm³/mol. The molecule has 0 aliphatic heterocycles. The quantitative estimate of drug-likeness (QED) is 0.168. The third kappa shape index (κ3) is 5.18. The maximum absolute atomic E-state index is 2.49. The van der Waals surface area contributed by atoms with Crippen LogP contribution in [-0.4, -0.2) is 4.57 Å². The summed E-state index contributed by atoms with van der Waals surface area (Å²) in [5, 5.41) is 5.16. The number of rotatable bonds is 5. The van der Waals surface area contributed by atoms with Gasteiger partial charge in [-0.2, -0.15) is 0 Å². The summed E-state index contributed by atoms with van der Waals surface area (Å²) in [4.78, 5) is 2.47. The number of anilines is 3. The van der Waals surface area contributed by atoms with Gasteiger partial charge >= 0.3 is 0 Å². The van der Waals surface area contributed by atoms with Gasteiger partial charge in [0.1, 0.15) is 0 Å². The van der Waals surface area contributed by atoms with Crippen LogP contribution in [0.2, 0.25) is 0 Å². The van der Waals surface area contributed by atoms with Crippen molar-refractivity contribution >= 4 is 70.4 Å². The molecule has 0 bridgehead atoms. The average molecular weight is 825 g/mol. The molecule has 0 spiro atoms. The zero-order valence-corrected chi connectivity index (χ0v) is 36.6. The Morgan fingerprint density at radius 3 is 1.59 bits per heavy atom. The van der Waals surface area contributed by atoms with Crippen molar-refractivity contribution in [1.82, 2.24) is 4.57 Å². The maximum atomic E-state index is 2.49. The molecule has 2 heterocycles. The average Bonchev–Trinajstić information content (AvgIpc) is 4.00. The number of para-hydroxylation sites is 1. The lowest BCUT2D eigenvalue weighted by atomic mass is 9.82. The Bertz CT molecular complexity index is 3580. The van der Waals surface area contributed by atoms with Crippen LogP contribution in [0.3, 0.4) is 0 Å². The predicted octanol–water partition coefficient (Wildman–Crippen LogP) is 16.9. The first-order valence-electron chi connectivity index (χ1n) is 22.1. The third-order valence-electron chi connectivity index (χ3n) is 14.4. The van der Waals surface area contributed by atoms with E-state index in [4.69, 9.17) is 0 Å². The molecule has 0 amide bonds. The molecule has 0 unspecified atom stereocenters. The molecular formula is C60H44N2S. The highest BCUT2D eigenvalue weighted by Gasteiger charge is 2.37. The van der Waals surface area contributed by atoms with E-state index < -0.39 is 0 Å². The van der Waals surface area contributed by atoms with Crippen molar-refractivity contribution in [1.29, 1.82) is 0 Å². The van der Waals surface area contributed by atoms with Crippen molar-refractivity contribution in [2.75, 3.05) is 4.90 Å². The monoisotopic (exact) mass is 824 g/mol. The lowest BCUT2D eigenvalue weighted by molar-refractivity contribution is 0.660. The number of fused-ring (bicyclic) bond motifs is 12. The summed E-state index contributed by atoms with van der Waals surface area (Å²) in [7, 11) is 0. The summed E-state index contributed by atoms with van der Waals surface area (Å²) in [6.07, 6.45) is 0. The first kappa shape index (κ1) is 36.5. The highest BCUT2D eigenvalue weighted by Crippen LogP contribution is 2.53. The molecule has 3 heteroatoms. The van der Waals surface area contributed by atoms with Gasteiger partial charge in [0.05, 0.1) is 21.4 Å². The number of hydrogen-bond donors (Lipinski definition) is 0. The molecule has 0 N–H and O–H groups in total. The smallest absolute Gasteiger partial charge is 0.0640 e. The fraction of sp³-hybridized carbons (Fsp3) is 0.100. The topological polar surface area (TPSA) is 8.17 Å². The third-order valence-corrected chi connectivity index (χ3v) is 15.6. The highest BCUT2D eigenvalue weighted by molar-refractivity contribution is 7.26. The Morgan fingerprint density at radius 2 is 0.905 bits per heavy atom. The molecule has 0 radical (unpaired) electrons. The van der Waals surface area contributed by atoms with Crippen molar-refractivity contribution in [3.8, 4) is 39.1 Å². The second-order valence-corrected chi connectivity index (χ2v) is 19.6. The summed E-state index contributed by atoms with van der Waals surface area (Å²) >= 11 is 1.89. The summed E-state index contributed by atoms with van der Waals surface area (Å²) in [6, 6.07) is 72.7. The fourth-order valence-corrected chi connectivity index (χ4v) is 12.4. The minimum Gasteiger partial charge on any atom is -0.310 e. The Labute approximate surface area is 371 Å². The van der Waals surface area contributed by atoms with Crippen molar-refractivity contribution in [3.63, 3.8) is 0 Å². The maximum Gasteiger partial charge on any atom is 0.0640 e. The van der Waals surface area contributed by atoms with E-state index in [9.17, 15) is 0 Å². The van der Waals surface area contributed by atoms with Crippen LogP contribution >= 0.6 is 11.3 Å². The molecular weight excluding hydrogens is 781 g/mol. The second-order valence-electron chi connectivity index (χ2n) is 18.5. The summed E-state index contributed by atoms with van der Waals surface area (Å²) < 4.78 is 5.12. The van der Waals surface area contributed by atoms with Crippen LogP contribution in [0.4, 0.5) is 17.1 Å². The van der Waals surface area contributed by atoms with Crippen molar-refractivity contribution in [3.05, 3.63) is 216 Å². The van der Waals surface area contributed by atoms with E-state index in [1.807, 2.05) is 11.3 Å². The van der Waals surface area contributed by atoms with Crippen molar-refractivity contribution < 1.29 is 0 Å². The van der Waals surface area contributed by atoms with Gasteiger partial charge < -0.3 is 9.47 Å². The van der Waals surface area contributed by atoms with Crippen LogP contribution < -0.4 is 4.90 Å². The van der Waals surface area contributed by atoms with Crippen LogP contribution in [0.1, 0.15) is 49.9 Å². The van der Waals surface area contributed by atoms with E-state index in [1.54, 1.807) is 0 Å². The lowest BCUT2D eigenvalue weighted by Crippen LogP contribution is -2.18. The lowest BCUT2D eigenvalue weighted by Gasteiger charge is -2.30. The number of nitrogens with zero attached hydrogens (tertiary/aromatic N) is 2. The van der Waals surface area contributed by atoms with Crippen LogP contribution in [0, 0.1) is 0 Å². The number of hydrogen-bond acceptors (Lipinski definition) is 2. The Balaban J connectivity index is 0.956. The van der Waals surface area contributed by atoms with E-state index in [-0.39, 0.29) is 10.8 Å². The van der Waals surface area contributed by atoms with Gasteiger partial charge in [0.2, 0.25) is 0 Å². The molecule has 2 aromatic heterocycles. The minimum atomic E-state index is -0.108. The molecule has 300 valence electrons. The Hall–Kier alpha value is -7.20. The SMILES string of the molecule is CC1(C)c2ccccc2-c2ccc(N(c3ccc(-c4ccc5c6ccccc6n(-c6cccc7c6sc6ccccc67)c5c4)cc3)c3ccc4c(c3)C(C)(C)c3ccccc3-4)cc21. The molecule has 0 saturated heterocycles. The molecule has 13 rings (SSSR count). The molecule has 2 aliphatic rings. The van der Waals surface area contributed by atoms with Crippen molar-refractivity contribution in [2.45, 2.75) is 38.5 Å². The van der Waals surface area contributed by atoms with Gasteiger partial charge in [-0.1, -0.05) is 161 Å². The molecule has 2 aliphatic carbocycles. The Morgan fingerprint density at radius 1 is 0.381 bits per heavy atom. The molecule has 9 aromatic carbocycles. The van der Waals surface area contributed by atoms with E-state index in [2.05, 4.69) is 231 Å². The standard InChI is InChI=1S/C60H44N2S/c1-59(2)50-19-9-5-14-42(50)44-32-29-40(35-52(44)59)61(41-30-33-45-43-15-6-10-20-51(43)60(3,4)53(45)36-41)39-27-24-37(25-28-39)38-26-31-47-46-16-7-11-21-54(46)62(56(47)34-38)55-22-13-18-49-48-17-8-12-23-57(48)63-58(49)55/h5-36H,1-4H3. The van der Waals surface area contributed by atoms with Gasteiger partial charge in [-0.15, -0.1) is 11.3 Å². The van der Waals surface area contributed by atoms with E-state index in [0.717, 1.165) is 17.1 Å². The summed E-state index contributed by atoms with van der Waals surface area (Å²) in [5.74, 6) is 0. The van der Waals surface area contributed by atoms with Crippen LogP contribution in [0.5, 0.6) is 0 Å². The van der Waals surface area contributed by atoms with Gasteiger partial charge in [0.15, 0.2) is 0 Å². The normalized spacial score (nSPS) is 14.3. The van der Waals surface area contributed by atoms with Gasteiger partial charge in [-0.3, -0.25) is 0 Å². The molecule has 0 atom stereocenters. The zero-order valence-electron chi connectivity index (χ0n) is 35.8. The van der Waals surface area contributed by atoms with Gasteiger partial charge in [0, 0.05) is 54.1 Å². The molecule has 0 saturated carbocycles. The largest absolute Gasteiger partial charge is 0.310 e.